The van der Waals surface area contributed by atoms with Gasteiger partial charge in [-0.15, -0.1) is 0 Å². The van der Waals surface area contributed by atoms with Crippen molar-refractivity contribution in [3.05, 3.63) is 59.2 Å². The van der Waals surface area contributed by atoms with Gasteiger partial charge in [0.2, 0.25) is 0 Å². The Morgan fingerprint density at radius 1 is 1.19 bits per heavy atom. The minimum atomic E-state index is -3.74. The number of carbonyl (C=O) groups is 1. The lowest BCUT2D eigenvalue weighted by molar-refractivity contribution is 0.00360. The van der Waals surface area contributed by atoms with E-state index in [0.717, 1.165) is 5.56 Å². The van der Waals surface area contributed by atoms with Crippen LogP contribution in [0.3, 0.4) is 0 Å². The van der Waals surface area contributed by atoms with Crippen LogP contribution in [-0.2, 0) is 14.8 Å². The predicted octanol–water partition coefficient (Wildman–Crippen LogP) is 2.97. The van der Waals surface area contributed by atoms with Gasteiger partial charge in [0.15, 0.2) is 0 Å². The maximum Gasteiger partial charge on any atom is 0.262 e. The van der Waals surface area contributed by atoms with Crippen LogP contribution < -0.4 is 4.72 Å². The van der Waals surface area contributed by atoms with Crippen molar-refractivity contribution >= 4 is 21.6 Å². The Morgan fingerprint density at radius 3 is 2.70 bits per heavy atom. The van der Waals surface area contributed by atoms with Gasteiger partial charge >= 0.3 is 0 Å². The van der Waals surface area contributed by atoms with E-state index in [9.17, 15) is 13.2 Å². The Bertz CT molecular complexity index is 956. The number of morpholine rings is 1. The van der Waals surface area contributed by atoms with Crippen molar-refractivity contribution in [2.75, 3.05) is 24.5 Å². The lowest BCUT2D eigenvalue weighted by Crippen LogP contribution is -2.47. The Hall–Kier alpha value is -2.38. The van der Waals surface area contributed by atoms with Gasteiger partial charge in [0.25, 0.3) is 15.9 Å². The number of anilines is 1. The van der Waals surface area contributed by atoms with Crippen molar-refractivity contribution in [1.29, 1.82) is 0 Å². The van der Waals surface area contributed by atoms with Gasteiger partial charge < -0.3 is 9.64 Å². The van der Waals surface area contributed by atoms with Gasteiger partial charge in [0.05, 0.1) is 24.2 Å². The topological polar surface area (TPSA) is 75.7 Å². The lowest BCUT2D eigenvalue weighted by atomic mass is 10.1. The first-order valence-electron chi connectivity index (χ1n) is 8.87. The molecule has 1 unspecified atom stereocenters. The van der Waals surface area contributed by atoms with Gasteiger partial charge in [-0.3, -0.25) is 9.52 Å². The summed E-state index contributed by atoms with van der Waals surface area (Å²) in [7, 11) is -3.74. The largest absolute Gasteiger partial charge is 0.377 e. The van der Waals surface area contributed by atoms with Crippen molar-refractivity contribution in [3.8, 4) is 0 Å². The summed E-state index contributed by atoms with van der Waals surface area (Å²) in [6.45, 7) is 7.08. The zero-order valence-corrected chi connectivity index (χ0v) is 16.5. The number of nitrogens with one attached hydrogen (secondary N) is 1. The van der Waals surface area contributed by atoms with Gasteiger partial charge in [-0.2, -0.15) is 0 Å². The molecule has 0 aliphatic carbocycles. The zero-order valence-electron chi connectivity index (χ0n) is 15.7. The van der Waals surface area contributed by atoms with Crippen LogP contribution >= 0.6 is 0 Å². The third-order valence-corrected chi connectivity index (χ3v) is 6.15. The molecule has 144 valence electrons. The molecule has 1 atom stereocenters. The molecule has 0 spiro atoms. The normalized spacial score (nSPS) is 17.6. The molecule has 1 N–H and O–H groups in total. The monoisotopic (exact) mass is 388 g/mol. The molecule has 1 aliphatic heterocycles. The summed E-state index contributed by atoms with van der Waals surface area (Å²) in [6, 6.07) is 11.9. The van der Waals surface area contributed by atoms with Crippen LogP contribution in [0.15, 0.2) is 47.4 Å². The van der Waals surface area contributed by atoms with Crippen LogP contribution in [-0.4, -0.2) is 45.0 Å². The second-order valence-corrected chi connectivity index (χ2v) is 8.53. The van der Waals surface area contributed by atoms with E-state index in [-0.39, 0.29) is 16.8 Å². The fourth-order valence-corrected chi connectivity index (χ4v) is 4.50. The highest BCUT2D eigenvalue weighted by molar-refractivity contribution is 7.92. The summed E-state index contributed by atoms with van der Waals surface area (Å²) < 4.78 is 33.5. The molecule has 2 aromatic carbocycles. The average molecular weight is 388 g/mol. The van der Waals surface area contributed by atoms with E-state index in [2.05, 4.69) is 4.72 Å². The van der Waals surface area contributed by atoms with E-state index in [1.807, 2.05) is 19.9 Å². The van der Waals surface area contributed by atoms with Crippen molar-refractivity contribution in [3.63, 3.8) is 0 Å². The smallest absolute Gasteiger partial charge is 0.262 e. The Balaban J connectivity index is 1.85. The van der Waals surface area contributed by atoms with E-state index in [1.165, 1.54) is 0 Å². The minimum Gasteiger partial charge on any atom is -0.377 e. The molecule has 27 heavy (non-hydrogen) atoms. The molecule has 1 saturated heterocycles. The van der Waals surface area contributed by atoms with Crippen LogP contribution in [0.5, 0.6) is 0 Å². The second kappa shape index (κ2) is 7.70. The number of hydrogen-bond acceptors (Lipinski definition) is 4. The van der Waals surface area contributed by atoms with Gasteiger partial charge in [-0.05, 0) is 56.2 Å². The van der Waals surface area contributed by atoms with Crippen LogP contribution in [0.2, 0.25) is 0 Å². The first-order valence-corrected chi connectivity index (χ1v) is 10.3. The van der Waals surface area contributed by atoms with Crippen LogP contribution in [0.25, 0.3) is 0 Å². The summed E-state index contributed by atoms with van der Waals surface area (Å²) in [4.78, 5) is 14.8. The molecule has 1 heterocycles. The highest BCUT2D eigenvalue weighted by Crippen LogP contribution is 2.22. The average Bonchev–Trinajstić information content (AvgIpc) is 2.63. The maximum absolute atomic E-state index is 12.8. The number of hydrogen-bond donors (Lipinski definition) is 1. The number of rotatable bonds is 4. The molecule has 0 saturated carbocycles. The number of aryl methyl sites for hydroxylation is 2. The van der Waals surface area contributed by atoms with Crippen molar-refractivity contribution in [2.24, 2.45) is 0 Å². The standard InChI is InChI=1S/C20H24N2O4S/c1-14-7-8-15(2)19(11-14)27(24,25)21-18-6-4-5-17(12-18)20(23)22-9-10-26-13-16(22)3/h4-8,11-12,16,21H,9-10,13H2,1-3H3. The highest BCUT2D eigenvalue weighted by Gasteiger charge is 2.25. The summed E-state index contributed by atoms with van der Waals surface area (Å²) >= 11 is 0. The van der Waals surface area contributed by atoms with E-state index < -0.39 is 10.0 Å². The third-order valence-electron chi connectivity index (χ3n) is 4.62. The second-order valence-electron chi connectivity index (χ2n) is 6.88. The number of sulfonamides is 1. The molecule has 7 heteroatoms. The SMILES string of the molecule is Cc1ccc(C)c(S(=O)(=O)Nc2cccc(C(=O)N3CCOCC3C)c2)c1. The van der Waals surface area contributed by atoms with Crippen LogP contribution in [0.1, 0.15) is 28.4 Å². The van der Waals surface area contributed by atoms with Crippen molar-refractivity contribution in [1.82, 2.24) is 4.90 Å². The molecule has 0 bridgehead atoms. The summed E-state index contributed by atoms with van der Waals surface area (Å²) in [5.41, 5.74) is 2.35. The number of benzene rings is 2. The molecule has 1 aliphatic rings. The van der Waals surface area contributed by atoms with E-state index in [0.29, 0.717) is 36.6 Å². The van der Waals surface area contributed by atoms with Crippen LogP contribution in [0, 0.1) is 13.8 Å². The Morgan fingerprint density at radius 2 is 1.96 bits per heavy atom. The Labute approximate surface area is 160 Å². The molecule has 2 aromatic rings. The number of carbonyl (C=O) groups excluding carboxylic acids is 1. The van der Waals surface area contributed by atoms with E-state index in [4.69, 9.17) is 4.74 Å². The van der Waals surface area contributed by atoms with E-state index >= 15 is 0 Å². The van der Waals surface area contributed by atoms with Crippen molar-refractivity contribution in [2.45, 2.75) is 31.7 Å². The zero-order chi connectivity index (χ0) is 19.6. The fraction of sp³-hybridized carbons (Fsp3) is 0.350. The molecule has 1 fully saturated rings. The van der Waals surface area contributed by atoms with Gasteiger partial charge in [0, 0.05) is 17.8 Å². The molecule has 0 aromatic heterocycles. The van der Waals surface area contributed by atoms with E-state index in [1.54, 1.807) is 48.2 Å². The number of amides is 1. The summed E-state index contributed by atoms with van der Waals surface area (Å²) in [5, 5.41) is 0. The first kappa shape index (κ1) is 19.4. The Kier molecular flexibility index (Phi) is 5.53. The lowest BCUT2D eigenvalue weighted by Gasteiger charge is -2.33. The van der Waals surface area contributed by atoms with Gasteiger partial charge in [-0.1, -0.05) is 18.2 Å². The molecule has 1 amide bonds. The third kappa shape index (κ3) is 4.31. The summed E-state index contributed by atoms with van der Waals surface area (Å²) in [5.74, 6) is -0.126. The number of nitrogens with zero attached hydrogens (tertiary/aromatic N) is 1. The van der Waals surface area contributed by atoms with Gasteiger partial charge in [-0.25, -0.2) is 8.42 Å². The minimum absolute atomic E-state index is 0.0125. The van der Waals surface area contributed by atoms with Crippen LogP contribution in [0.4, 0.5) is 5.69 Å². The number of ether oxygens (including phenoxy) is 1. The fourth-order valence-electron chi connectivity index (χ4n) is 3.12. The molecule has 3 rings (SSSR count). The highest BCUT2D eigenvalue weighted by atomic mass is 32.2. The molecular weight excluding hydrogens is 364 g/mol. The van der Waals surface area contributed by atoms with Crippen molar-refractivity contribution < 1.29 is 17.9 Å². The summed E-state index contributed by atoms with van der Waals surface area (Å²) in [6.07, 6.45) is 0. The maximum atomic E-state index is 12.8. The molecule has 6 nitrogen and oxygen atoms in total. The van der Waals surface area contributed by atoms with Gasteiger partial charge in [0.1, 0.15) is 0 Å². The molecule has 0 radical (unpaired) electrons. The first-order chi connectivity index (χ1) is 12.8. The molecular formula is C20H24N2O4S. The quantitative estimate of drug-likeness (QED) is 0.874. The predicted molar refractivity (Wildman–Crippen MR) is 104 cm³/mol.